The van der Waals surface area contributed by atoms with Crippen LogP contribution in [0.4, 0.5) is 4.79 Å². The molecule has 4 N–H and O–H groups in total. The third kappa shape index (κ3) is 2.81. The van der Waals surface area contributed by atoms with Gasteiger partial charge in [-0.25, -0.2) is 4.79 Å². The summed E-state index contributed by atoms with van der Waals surface area (Å²) in [4.78, 5) is 13.7. The monoisotopic (exact) mass is 293 g/mol. The summed E-state index contributed by atoms with van der Waals surface area (Å²) in [7, 11) is 0. The first-order valence-electron chi connectivity index (χ1n) is 7.12. The van der Waals surface area contributed by atoms with Crippen molar-refractivity contribution in [3.8, 4) is 0 Å². The second-order valence-electron chi connectivity index (χ2n) is 5.48. The molecular weight excluding hydrogens is 270 g/mol. The predicted molar refractivity (Wildman–Crippen MR) is 81.1 cm³/mol. The third-order valence-corrected chi connectivity index (χ3v) is 3.66. The Hall–Kier alpha value is -2.18. The highest BCUT2D eigenvalue weighted by Crippen LogP contribution is 2.27. The maximum atomic E-state index is 12.0. The largest absolute Gasteiger partial charge is 0.450 e. The van der Waals surface area contributed by atoms with Crippen molar-refractivity contribution < 1.29 is 9.53 Å². The minimum atomic E-state index is -0.301. The first-order valence-corrected chi connectivity index (χ1v) is 7.12. The number of carbonyl (C=O) groups is 1. The normalized spacial score (nSPS) is 23.4. The number of hydrazone groups is 1. The van der Waals surface area contributed by atoms with Gasteiger partial charge in [-0.1, -0.05) is 6.92 Å². The van der Waals surface area contributed by atoms with Crippen LogP contribution >= 0.6 is 0 Å². The lowest BCUT2D eigenvalue weighted by atomic mass is 9.91. The summed E-state index contributed by atoms with van der Waals surface area (Å²) in [5.74, 6) is 5.74. The van der Waals surface area contributed by atoms with E-state index in [1.165, 1.54) is 0 Å². The molecule has 0 saturated heterocycles. The third-order valence-electron chi connectivity index (χ3n) is 3.66. The number of nitrogens with zero attached hydrogens (tertiary/aromatic N) is 2. The minimum absolute atomic E-state index is 0.154. The van der Waals surface area contributed by atoms with E-state index in [0.29, 0.717) is 25.4 Å². The van der Waals surface area contributed by atoms with Gasteiger partial charge in [-0.15, -0.1) is 0 Å². The Morgan fingerprint density at radius 3 is 2.76 bits per heavy atom. The highest BCUT2D eigenvalue weighted by atomic mass is 16.6. The molecule has 2 aliphatic heterocycles. The summed E-state index contributed by atoms with van der Waals surface area (Å²) < 4.78 is 5.10. The van der Waals surface area contributed by atoms with E-state index < -0.39 is 0 Å². The zero-order valence-electron chi connectivity index (χ0n) is 13.0. The molecule has 116 valence electrons. The smallest absolute Gasteiger partial charge is 0.410 e. The Kier molecular flexibility index (Phi) is 4.40. The molecule has 0 aliphatic carbocycles. The second kappa shape index (κ2) is 6.07. The molecule has 7 heteroatoms. The van der Waals surface area contributed by atoms with Gasteiger partial charge in [0.1, 0.15) is 5.71 Å². The molecule has 2 heterocycles. The first-order chi connectivity index (χ1) is 9.99. The van der Waals surface area contributed by atoms with Crippen LogP contribution in [0.1, 0.15) is 27.7 Å². The molecule has 0 aromatic carbocycles. The van der Waals surface area contributed by atoms with Crippen molar-refractivity contribution in [1.82, 2.24) is 15.8 Å². The summed E-state index contributed by atoms with van der Waals surface area (Å²) in [6, 6.07) is 0. The average molecular weight is 293 g/mol. The Morgan fingerprint density at radius 2 is 2.19 bits per heavy atom. The predicted octanol–water partition coefficient (Wildman–Crippen LogP) is 1.07. The highest BCUT2D eigenvalue weighted by molar-refractivity contribution is 6.14. The number of allylic oxidation sites excluding steroid dienone is 2. The number of nitrogens with one attached hydrogen (secondary N) is 2. The van der Waals surface area contributed by atoms with Gasteiger partial charge in [0.15, 0.2) is 0 Å². The van der Waals surface area contributed by atoms with E-state index in [2.05, 4.69) is 22.9 Å². The summed E-state index contributed by atoms with van der Waals surface area (Å²) in [5.41, 5.74) is 11.0. The number of hydrogen-bond acceptors (Lipinski definition) is 6. The zero-order chi connectivity index (χ0) is 15.6. The number of hydrazine groups is 1. The highest BCUT2D eigenvalue weighted by Gasteiger charge is 2.34. The topological polar surface area (TPSA) is 92.0 Å². The van der Waals surface area contributed by atoms with E-state index in [1.807, 2.05) is 13.8 Å². The molecule has 0 aromatic rings. The SMILES string of the molecule is CCOC(=O)N1CC2=C(NNC(=C(C)C)C2=NN)C(C)C1. The van der Waals surface area contributed by atoms with Crippen molar-refractivity contribution in [3.05, 3.63) is 22.5 Å². The van der Waals surface area contributed by atoms with Gasteiger partial charge in [0.25, 0.3) is 0 Å². The number of nitrogens with two attached hydrogens (primary N) is 1. The molecule has 2 aliphatic rings. The molecule has 0 aromatic heterocycles. The van der Waals surface area contributed by atoms with Gasteiger partial charge in [-0.05, 0) is 26.3 Å². The van der Waals surface area contributed by atoms with Gasteiger partial charge in [-0.2, -0.15) is 5.10 Å². The van der Waals surface area contributed by atoms with Crippen molar-refractivity contribution in [3.63, 3.8) is 0 Å². The van der Waals surface area contributed by atoms with Crippen LogP contribution in [0, 0.1) is 5.92 Å². The van der Waals surface area contributed by atoms with Gasteiger partial charge in [-0.3, -0.25) is 5.43 Å². The van der Waals surface area contributed by atoms with Crippen LogP contribution in [0.3, 0.4) is 0 Å². The number of carbonyl (C=O) groups excluding carboxylic acids is 1. The van der Waals surface area contributed by atoms with Gasteiger partial charge in [0, 0.05) is 23.7 Å². The van der Waals surface area contributed by atoms with E-state index in [9.17, 15) is 4.79 Å². The van der Waals surface area contributed by atoms with E-state index in [4.69, 9.17) is 10.6 Å². The Balaban J connectivity index is 2.36. The molecule has 0 spiro atoms. The molecule has 0 saturated carbocycles. The lowest BCUT2D eigenvalue weighted by molar-refractivity contribution is 0.104. The maximum absolute atomic E-state index is 12.0. The van der Waals surface area contributed by atoms with Crippen LogP contribution < -0.4 is 16.7 Å². The fourth-order valence-corrected chi connectivity index (χ4v) is 2.66. The van der Waals surface area contributed by atoms with Gasteiger partial charge >= 0.3 is 6.09 Å². The molecular formula is C14H23N5O2. The van der Waals surface area contributed by atoms with E-state index >= 15 is 0 Å². The molecule has 0 radical (unpaired) electrons. The van der Waals surface area contributed by atoms with Crippen molar-refractivity contribution in [1.29, 1.82) is 0 Å². The van der Waals surface area contributed by atoms with Gasteiger partial charge < -0.3 is 20.9 Å². The Labute approximate surface area is 124 Å². The van der Waals surface area contributed by atoms with Crippen LogP contribution in [-0.2, 0) is 4.74 Å². The molecule has 2 rings (SSSR count). The average Bonchev–Trinajstić information content (AvgIpc) is 2.45. The summed E-state index contributed by atoms with van der Waals surface area (Å²) in [5, 5.41) is 3.93. The van der Waals surface area contributed by atoms with Gasteiger partial charge in [0.05, 0.1) is 18.8 Å². The second-order valence-corrected chi connectivity index (χ2v) is 5.48. The fourth-order valence-electron chi connectivity index (χ4n) is 2.66. The quantitative estimate of drug-likeness (QED) is 0.497. The lowest BCUT2D eigenvalue weighted by Crippen LogP contribution is -2.52. The van der Waals surface area contributed by atoms with Crippen molar-refractivity contribution >= 4 is 11.8 Å². The standard InChI is InChI=1S/C14H23N5O2/c1-5-21-14(20)19-6-9(4)12-10(7-19)13(16-15)11(8(2)3)17-18-12/h9,17-18H,5-7,15H2,1-4H3. The number of rotatable bonds is 1. The first kappa shape index (κ1) is 15.2. The number of hydrogen-bond donors (Lipinski definition) is 3. The fraction of sp³-hybridized carbons (Fsp3) is 0.571. The lowest BCUT2D eigenvalue weighted by Gasteiger charge is -2.38. The van der Waals surface area contributed by atoms with Crippen LogP contribution in [0.15, 0.2) is 27.6 Å². The summed E-state index contributed by atoms with van der Waals surface area (Å²) in [6.45, 7) is 9.24. The summed E-state index contributed by atoms with van der Waals surface area (Å²) in [6.07, 6.45) is -0.301. The van der Waals surface area contributed by atoms with Crippen molar-refractivity contribution in [2.45, 2.75) is 27.7 Å². The Morgan fingerprint density at radius 1 is 1.48 bits per heavy atom. The van der Waals surface area contributed by atoms with Crippen molar-refractivity contribution in [2.75, 3.05) is 19.7 Å². The maximum Gasteiger partial charge on any atom is 0.410 e. The molecule has 0 fully saturated rings. The van der Waals surface area contributed by atoms with Crippen LogP contribution in [0.5, 0.6) is 0 Å². The van der Waals surface area contributed by atoms with Gasteiger partial charge in [0.2, 0.25) is 0 Å². The van der Waals surface area contributed by atoms with Crippen LogP contribution in [-0.4, -0.2) is 36.4 Å². The van der Waals surface area contributed by atoms with E-state index in [1.54, 1.807) is 11.8 Å². The minimum Gasteiger partial charge on any atom is -0.450 e. The molecule has 1 atom stereocenters. The molecule has 7 nitrogen and oxygen atoms in total. The molecule has 21 heavy (non-hydrogen) atoms. The molecule has 1 amide bonds. The number of amides is 1. The van der Waals surface area contributed by atoms with Crippen LogP contribution in [0.2, 0.25) is 0 Å². The molecule has 1 unspecified atom stereocenters. The number of ether oxygens (including phenoxy) is 1. The summed E-state index contributed by atoms with van der Waals surface area (Å²) >= 11 is 0. The zero-order valence-corrected chi connectivity index (χ0v) is 13.0. The van der Waals surface area contributed by atoms with E-state index in [0.717, 1.165) is 22.5 Å². The van der Waals surface area contributed by atoms with Crippen molar-refractivity contribution in [2.24, 2.45) is 16.9 Å². The van der Waals surface area contributed by atoms with E-state index in [-0.39, 0.29) is 12.0 Å². The van der Waals surface area contributed by atoms with Crippen LogP contribution in [0.25, 0.3) is 0 Å². The Bertz CT molecular complexity index is 531. The molecule has 0 bridgehead atoms.